The summed E-state index contributed by atoms with van der Waals surface area (Å²) in [6.07, 6.45) is 0. The van der Waals surface area contributed by atoms with E-state index in [0.717, 1.165) is 4.47 Å². The lowest BCUT2D eigenvalue weighted by molar-refractivity contribution is -0.255. The van der Waals surface area contributed by atoms with Gasteiger partial charge in [-0.2, -0.15) is 0 Å². The molecule has 0 saturated heterocycles. The summed E-state index contributed by atoms with van der Waals surface area (Å²) >= 11 is 3.29. The molecule has 5 nitrogen and oxygen atoms in total. The van der Waals surface area contributed by atoms with Gasteiger partial charge in [-0.1, -0.05) is 15.9 Å². The number of halogens is 1. The van der Waals surface area contributed by atoms with Gasteiger partial charge in [0.1, 0.15) is 11.5 Å². The van der Waals surface area contributed by atoms with Gasteiger partial charge in [0.25, 0.3) is 0 Å². The molecule has 0 radical (unpaired) electrons. The minimum Gasteiger partial charge on any atom is -0.545 e. The van der Waals surface area contributed by atoms with Crippen molar-refractivity contribution in [3.8, 4) is 11.5 Å². The molecule has 114 valence electrons. The van der Waals surface area contributed by atoms with Gasteiger partial charge in [0.2, 0.25) is 0 Å². The van der Waals surface area contributed by atoms with Crippen molar-refractivity contribution >= 4 is 27.9 Å². The minimum absolute atomic E-state index is 0.0839. The molecule has 2 rings (SSSR count). The molecule has 0 amide bonds. The highest BCUT2D eigenvalue weighted by Crippen LogP contribution is 2.31. The van der Waals surface area contributed by atoms with Crippen molar-refractivity contribution in [2.45, 2.75) is 13.8 Å². The van der Waals surface area contributed by atoms with Crippen molar-refractivity contribution in [2.75, 3.05) is 0 Å². The van der Waals surface area contributed by atoms with Crippen LogP contribution < -0.4 is 14.9 Å². The maximum absolute atomic E-state index is 11.3. The number of ether oxygens (including phenoxy) is 1. The summed E-state index contributed by atoms with van der Waals surface area (Å²) in [5, 5.41) is 22.5. The quantitative estimate of drug-likeness (QED) is 0.823. The minimum atomic E-state index is -1.47. The van der Waals surface area contributed by atoms with Crippen LogP contribution in [0.2, 0.25) is 0 Å². The Hall–Kier alpha value is -2.34. The SMILES string of the molecule is Cc1c(Oc2ccc(Br)cc2)cc(C(=O)[O-])c(C)c1C(=O)[O-]. The molecule has 0 aliphatic rings. The van der Waals surface area contributed by atoms with Crippen LogP contribution in [0.4, 0.5) is 0 Å². The Labute approximate surface area is 135 Å². The van der Waals surface area contributed by atoms with Gasteiger partial charge in [-0.25, -0.2) is 0 Å². The van der Waals surface area contributed by atoms with Crippen LogP contribution in [0.1, 0.15) is 31.8 Å². The molecular formula is C16H11BrO5-2. The third kappa shape index (κ3) is 3.12. The summed E-state index contributed by atoms with van der Waals surface area (Å²) in [4.78, 5) is 22.5. The number of aromatic carboxylic acids is 2. The summed E-state index contributed by atoms with van der Waals surface area (Å²) in [6.45, 7) is 2.93. The summed E-state index contributed by atoms with van der Waals surface area (Å²) < 4.78 is 6.45. The van der Waals surface area contributed by atoms with E-state index in [9.17, 15) is 19.8 Å². The lowest BCUT2D eigenvalue weighted by atomic mass is 9.96. The van der Waals surface area contributed by atoms with Crippen LogP contribution in [0.25, 0.3) is 0 Å². The van der Waals surface area contributed by atoms with Crippen molar-refractivity contribution in [1.29, 1.82) is 0 Å². The lowest BCUT2D eigenvalue weighted by Gasteiger charge is -2.19. The molecule has 0 atom stereocenters. The molecule has 0 fully saturated rings. The highest BCUT2D eigenvalue weighted by Gasteiger charge is 2.15. The van der Waals surface area contributed by atoms with Gasteiger partial charge in [0.05, 0.1) is 11.9 Å². The van der Waals surface area contributed by atoms with E-state index in [-0.39, 0.29) is 22.4 Å². The van der Waals surface area contributed by atoms with Crippen LogP contribution in [0.15, 0.2) is 34.8 Å². The molecule has 0 heterocycles. The van der Waals surface area contributed by atoms with E-state index in [2.05, 4.69) is 15.9 Å². The highest BCUT2D eigenvalue weighted by atomic mass is 79.9. The fourth-order valence-electron chi connectivity index (χ4n) is 2.14. The number of benzene rings is 2. The fourth-order valence-corrected chi connectivity index (χ4v) is 2.40. The van der Waals surface area contributed by atoms with Gasteiger partial charge in [-0.3, -0.25) is 0 Å². The molecule has 0 saturated carbocycles. The molecule has 0 aliphatic heterocycles. The first-order valence-corrected chi connectivity index (χ1v) is 7.11. The maximum Gasteiger partial charge on any atom is 0.131 e. The summed E-state index contributed by atoms with van der Waals surface area (Å²) in [6, 6.07) is 8.09. The second-order valence-electron chi connectivity index (χ2n) is 4.68. The number of carbonyl (C=O) groups is 2. The highest BCUT2D eigenvalue weighted by molar-refractivity contribution is 9.10. The number of carbonyl (C=O) groups excluding carboxylic acids is 2. The van der Waals surface area contributed by atoms with Gasteiger partial charge in [0, 0.05) is 21.2 Å². The van der Waals surface area contributed by atoms with Crippen molar-refractivity contribution < 1.29 is 24.5 Å². The average molecular weight is 363 g/mol. The normalized spacial score (nSPS) is 10.3. The van der Waals surface area contributed by atoms with E-state index in [1.165, 1.54) is 19.9 Å². The Kier molecular flexibility index (Phi) is 4.51. The zero-order valence-corrected chi connectivity index (χ0v) is 13.4. The van der Waals surface area contributed by atoms with E-state index in [0.29, 0.717) is 11.3 Å². The van der Waals surface area contributed by atoms with Crippen LogP contribution in [-0.4, -0.2) is 11.9 Å². The third-order valence-corrected chi connectivity index (χ3v) is 3.79. The van der Waals surface area contributed by atoms with Crippen LogP contribution in [0.5, 0.6) is 11.5 Å². The molecule has 0 bridgehead atoms. The smallest absolute Gasteiger partial charge is 0.131 e. The lowest BCUT2D eigenvalue weighted by Crippen LogP contribution is -2.28. The van der Waals surface area contributed by atoms with Gasteiger partial charge < -0.3 is 24.5 Å². The van der Waals surface area contributed by atoms with E-state index in [1.807, 2.05) is 0 Å². The summed E-state index contributed by atoms with van der Waals surface area (Å²) in [5.74, 6) is -2.35. The van der Waals surface area contributed by atoms with Gasteiger partial charge in [-0.15, -0.1) is 0 Å². The average Bonchev–Trinajstić information content (AvgIpc) is 2.43. The summed E-state index contributed by atoms with van der Waals surface area (Å²) in [7, 11) is 0. The van der Waals surface area contributed by atoms with Gasteiger partial charge in [0.15, 0.2) is 0 Å². The van der Waals surface area contributed by atoms with Gasteiger partial charge in [-0.05, 0) is 49.7 Å². The standard InChI is InChI=1S/C16H13BrO5/c1-8-12(15(18)19)7-13(9(2)14(8)16(20)21)22-11-5-3-10(17)4-6-11/h3-7H,1-2H3,(H,18,19)(H,20,21)/p-2. The van der Waals surface area contributed by atoms with Crippen molar-refractivity contribution in [2.24, 2.45) is 0 Å². The molecule has 22 heavy (non-hydrogen) atoms. The largest absolute Gasteiger partial charge is 0.545 e. The molecule has 0 aliphatic carbocycles. The Bertz CT molecular complexity index is 750. The summed E-state index contributed by atoms with van der Waals surface area (Å²) in [5.41, 5.74) is -0.0585. The number of hydrogen-bond acceptors (Lipinski definition) is 5. The van der Waals surface area contributed by atoms with E-state index in [1.54, 1.807) is 24.3 Å². The molecule has 0 N–H and O–H groups in total. The van der Waals surface area contributed by atoms with Crippen LogP contribution in [0, 0.1) is 13.8 Å². The maximum atomic E-state index is 11.3. The fraction of sp³-hybridized carbons (Fsp3) is 0.125. The predicted molar refractivity (Wildman–Crippen MR) is 78.8 cm³/mol. The first-order valence-electron chi connectivity index (χ1n) is 6.31. The number of rotatable bonds is 4. The first kappa shape index (κ1) is 16.0. The Balaban J connectivity index is 2.57. The Morgan fingerprint density at radius 1 is 1.00 bits per heavy atom. The Morgan fingerprint density at radius 3 is 2.09 bits per heavy atom. The molecule has 0 unspecified atom stereocenters. The van der Waals surface area contributed by atoms with Crippen molar-refractivity contribution in [3.63, 3.8) is 0 Å². The molecule has 0 aromatic heterocycles. The Morgan fingerprint density at radius 2 is 1.59 bits per heavy atom. The second-order valence-corrected chi connectivity index (χ2v) is 5.59. The molecule has 2 aromatic carbocycles. The predicted octanol–water partition coefficient (Wildman–Crippen LogP) is 1.59. The third-order valence-electron chi connectivity index (χ3n) is 3.26. The monoisotopic (exact) mass is 362 g/mol. The topological polar surface area (TPSA) is 89.5 Å². The molecule has 0 spiro atoms. The zero-order valence-electron chi connectivity index (χ0n) is 11.8. The van der Waals surface area contributed by atoms with Crippen molar-refractivity contribution in [1.82, 2.24) is 0 Å². The number of hydrogen-bond donors (Lipinski definition) is 0. The van der Waals surface area contributed by atoms with Crippen LogP contribution >= 0.6 is 15.9 Å². The van der Waals surface area contributed by atoms with Gasteiger partial charge >= 0.3 is 0 Å². The van der Waals surface area contributed by atoms with Crippen LogP contribution in [0.3, 0.4) is 0 Å². The second kappa shape index (κ2) is 6.19. The molecule has 6 heteroatoms. The zero-order chi connectivity index (χ0) is 16.4. The molecular weight excluding hydrogens is 352 g/mol. The van der Waals surface area contributed by atoms with E-state index >= 15 is 0 Å². The number of carboxylic acid groups (broad SMARTS) is 2. The van der Waals surface area contributed by atoms with Crippen molar-refractivity contribution in [3.05, 3.63) is 57.1 Å². The van der Waals surface area contributed by atoms with E-state index in [4.69, 9.17) is 4.74 Å². The first-order chi connectivity index (χ1) is 10.3. The number of carboxylic acids is 2. The molecule has 2 aromatic rings. The van der Waals surface area contributed by atoms with E-state index < -0.39 is 11.9 Å². The van der Waals surface area contributed by atoms with Crippen LogP contribution in [-0.2, 0) is 0 Å².